The molecule has 4 atom stereocenters. The summed E-state index contributed by atoms with van der Waals surface area (Å²) in [7, 11) is 0. The van der Waals surface area contributed by atoms with Crippen LogP contribution in [0.4, 0.5) is 5.82 Å². The predicted molar refractivity (Wildman–Crippen MR) is 115 cm³/mol. The van der Waals surface area contributed by atoms with Crippen molar-refractivity contribution >= 4 is 5.82 Å². The summed E-state index contributed by atoms with van der Waals surface area (Å²) in [5.74, 6) is 1.71. The lowest BCUT2D eigenvalue weighted by Gasteiger charge is -2.34. The molecular weight excluding hydrogens is 376 g/mol. The van der Waals surface area contributed by atoms with Gasteiger partial charge in [-0.15, -0.1) is 0 Å². The fourth-order valence-corrected chi connectivity index (χ4v) is 5.07. The SMILES string of the molecule is Cc1c(N2CCC(OCC3(C)CC3)C3CC32)nc(CNC2CCOC2)c(C#N)c1C. The third kappa shape index (κ3) is 3.84. The summed E-state index contributed by atoms with van der Waals surface area (Å²) < 4.78 is 11.8. The van der Waals surface area contributed by atoms with Crippen LogP contribution < -0.4 is 10.2 Å². The lowest BCUT2D eigenvalue weighted by Crippen LogP contribution is -2.40. The molecule has 0 bridgehead atoms. The Kier molecular flexibility index (Phi) is 5.25. The maximum atomic E-state index is 9.77. The highest BCUT2D eigenvalue weighted by Crippen LogP contribution is 2.49. The molecule has 2 aliphatic carbocycles. The molecule has 2 aliphatic heterocycles. The Morgan fingerprint density at radius 1 is 1.30 bits per heavy atom. The number of aromatic nitrogens is 1. The summed E-state index contributed by atoms with van der Waals surface area (Å²) in [4.78, 5) is 7.54. The minimum Gasteiger partial charge on any atom is -0.380 e. The molecule has 2 saturated carbocycles. The van der Waals surface area contributed by atoms with Crippen LogP contribution in [0, 0.1) is 36.5 Å². The van der Waals surface area contributed by atoms with E-state index in [1.165, 1.54) is 19.3 Å². The van der Waals surface area contributed by atoms with Gasteiger partial charge >= 0.3 is 0 Å². The number of ether oxygens (including phenoxy) is 2. The first-order valence-corrected chi connectivity index (χ1v) is 11.6. The van der Waals surface area contributed by atoms with Gasteiger partial charge in [-0.3, -0.25) is 0 Å². The highest BCUT2D eigenvalue weighted by Gasteiger charge is 2.52. The second-order valence-corrected chi connectivity index (χ2v) is 10.2. The van der Waals surface area contributed by atoms with E-state index in [2.05, 4.69) is 37.1 Å². The second-order valence-electron chi connectivity index (χ2n) is 10.2. The average molecular weight is 411 g/mol. The Morgan fingerprint density at radius 2 is 2.13 bits per heavy atom. The first-order chi connectivity index (χ1) is 14.5. The normalized spacial score (nSPS) is 31.3. The van der Waals surface area contributed by atoms with E-state index in [0.29, 0.717) is 36.1 Å². The number of piperidine rings is 1. The van der Waals surface area contributed by atoms with Gasteiger partial charge in [0.1, 0.15) is 11.9 Å². The van der Waals surface area contributed by atoms with Crippen molar-refractivity contribution in [2.24, 2.45) is 11.3 Å². The van der Waals surface area contributed by atoms with Gasteiger partial charge in [-0.05, 0) is 62.5 Å². The van der Waals surface area contributed by atoms with Gasteiger partial charge in [0.05, 0.1) is 30.6 Å². The highest BCUT2D eigenvalue weighted by molar-refractivity contribution is 5.58. The standard InChI is InChI=1S/C24H34N4O2/c1-15-16(2)23(27-20(19(15)11-25)12-26-17-5-9-29-13-17)28-8-4-22(18-10-21(18)28)30-14-24(3)6-7-24/h17-18,21-22,26H,4-10,12-14H2,1-3H3. The lowest BCUT2D eigenvalue weighted by molar-refractivity contribution is 0.00311. The summed E-state index contributed by atoms with van der Waals surface area (Å²) in [5.41, 5.74) is 4.27. The molecule has 3 heterocycles. The third-order valence-corrected chi connectivity index (χ3v) is 7.76. The maximum Gasteiger partial charge on any atom is 0.132 e. The van der Waals surface area contributed by atoms with Crippen LogP contribution in [0.25, 0.3) is 0 Å². The number of fused-ring (bicyclic) bond motifs is 1. The Labute approximate surface area is 179 Å². The molecule has 2 saturated heterocycles. The summed E-state index contributed by atoms with van der Waals surface area (Å²) >= 11 is 0. The number of nitrogens with one attached hydrogen (secondary N) is 1. The second kappa shape index (κ2) is 7.78. The molecule has 30 heavy (non-hydrogen) atoms. The van der Waals surface area contributed by atoms with E-state index in [4.69, 9.17) is 14.5 Å². The number of nitrogens with zero attached hydrogens (tertiary/aromatic N) is 3. The molecule has 6 nitrogen and oxygen atoms in total. The van der Waals surface area contributed by atoms with Crippen LogP contribution in [-0.2, 0) is 16.0 Å². The van der Waals surface area contributed by atoms with Crippen LogP contribution in [0.15, 0.2) is 0 Å². The first-order valence-electron chi connectivity index (χ1n) is 11.6. The number of hydrogen-bond acceptors (Lipinski definition) is 6. The maximum absolute atomic E-state index is 9.77. The highest BCUT2D eigenvalue weighted by atomic mass is 16.5. The number of hydrogen-bond donors (Lipinski definition) is 1. The fraction of sp³-hybridized carbons (Fsp3) is 0.750. The van der Waals surface area contributed by atoms with Gasteiger partial charge in [0.25, 0.3) is 0 Å². The minimum atomic E-state index is 0.359. The van der Waals surface area contributed by atoms with Crippen LogP contribution in [-0.4, -0.2) is 49.5 Å². The van der Waals surface area contributed by atoms with Crippen molar-refractivity contribution in [3.63, 3.8) is 0 Å². The molecule has 4 fully saturated rings. The molecule has 5 rings (SSSR count). The van der Waals surface area contributed by atoms with Gasteiger partial charge in [-0.2, -0.15) is 5.26 Å². The molecular formula is C24H34N4O2. The smallest absolute Gasteiger partial charge is 0.132 e. The molecule has 1 N–H and O–H groups in total. The fourth-order valence-electron chi connectivity index (χ4n) is 5.07. The molecule has 0 radical (unpaired) electrons. The molecule has 1 aromatic rings. The van der Waals surface area contributed by atoms with E-state index >= 15 is 0 Å². The van der Waals surface area contributed by atoms with Crippen LogP contribution in [0.5, 0.6) is 0 Å². The van der Waals surface area contributed by atoms with Crippen molar-refractivity contribution in [3.8, 4) is 6.07 Å². The summed E-state index contributed by atoms with van der Waals surface area (Å²) in [5, 5.41) is 13.3. The van der Waals surface area contributed by atoms with Gasteiger partial charge in [0, 0.05) is 37.7 Å². The third-order valence-electron chi connectivity index (χ3n) is 7.76. The number of rotatable bonds is 7. The van der Waals surface area contributed by atoms with Crippen LogP contribution in [0.2, 0.25) is 0 Å². The van der Waals surface area contributed by atoms with E-state index in [9.17, 15) is 5.26 Å². The number of pyridine rings is 1. The molecule has 4 unspecified atom stereocenters. The Bertz CT molecular complexity index is 854. The predicted octanol–water partition coefficient (Wildman–Crippen LogP) is 3.23. The number of nitriles is 1. The molecule has 1 aromatic heterocycles. The molecule has 0 spiro atoms. The van der Waals surface area contributed by atoms with Crippen molar-refractivity contribution in [2.75, 3.05) is 31.3 Å². The summed E-state index contributed by atoms with van der Waals surface area (Å²) in [6.07, 6.45) is 6.34. The summed E-state index contributed by atoms with van der Waals surface area (Å²) in [6.45, 7) is 10.6. The summed E-state index contributed by atoms with van der Waals surface area (Å²) in [6, 6.07) is 3.30. The molecule has 0 amide bonds. The Hall–Kier alpha value is -1.68. The van der Waals surface area contributed by atoms with Gasteiger partial charge in [-0.25, -0.2) is 4.98 Å². The van der Waals surface area contributed by atoms with Crippen molar-refractivity contribution in [3.05, 3.63) is 22.4 Å². The largest absolute Gasteiger partial charge is 0.380 e. The lowest BCUT2D eigenvalue weighted by atomic mass is 10.0. The van der Waals surface area contributed by atoms with Crippen molar-refractivity contribution in [1.29, 1.82) is 5.26 Å². The molecule has 6 heteroatoms. The van der Waals surface area contributed by atoms with E-state index in [-0.39, 0.29) is 0 Å². The van der Waals surface area contributed by atoms with E-state index in [0.717, 1.165) is 67.4 Å². The minimum absolute atomic E-state index is 0.359. The van der Waals surface area contributed by atoms with Crippen LogP contribution in [0.3, 0.4) is 0 Å². The van der Waals surface area contributed by atoms with Crippen LogP contribution >= 0.6 is 0 Å². The molecule has 162 valence electrons. The van der Waals surface area contributed by atoms with Crippen LogP contribution in [0.1, 0.15) is 61.4 Å². The molecule has 4 aliphatic rings. The Morgan fingerprint density at radius 3 is 2.83 bits per heavy atom. The van der Waals surface area contributed by atoms with Crippen molar-refractivity contribution in [2.45, 2.75) is 77.6 Å². The van der Waals surface area contributed by atoms with Crippen molar-refractivity contribution < 1.29 is 9.47 Å². The zero-order valence-electron chi connectivity index (χ0n) is 18.5. The topological polar surface area (TPSA) is 70.4 Å². The Balaban J connectivity index is 1.31. The quantitative estimate of drug-likeness (QED) is 0.744. The van der Waals surface area contributed by atoms with E-state index in [1.807, 2.05) is 0 Å². The van der Waals surface area contributed by atoms with Gasteiger partial charge in [0.2, 0.25) is 0 Å². The average Bonchev–Trinajstić information content (AvgIpc) is 3.64. The number of anilines is 1. The van der Waals surface area contributed by atoms with Gasteiger partial charge in [0.15, 0.2) is 0 Å². The molecule has 0 aromatic carbocycles. The zero-order valence-corrected chi connectivity index (χ0v) is 18.5. The monoisotopic (exact) mass is 410 g/mol. The van der Waals surface area contributed by atoms with Gasteiger partial charge in [-0.1, -0.05) is 6.92 Å². The zero-order chi connectivity index (χ0) is 20.9. The van der Waals surface area contributed by atoms with Crippen molar-refractivity contribution in [1.82, 2.24) is 10.3 Å². The van der Waals surface area contributed by atoms with Gasteiger partial charge < -0.3 is 19.7 Å². The first kappa shape index (κ1) is 20.2. The van der Waals surface area contributed by atoms with E-state index < -0.39 is 0 Å². The van der Waals surface area contributed by atoms with E-state index in [1.54, 1.807) is 0 Å².